The van der Waals surface area contributed by atoms with Crippen molar-refractivity contribution >= 4 is 29.7 Å². The largest absolute Gasteiger partial charge is 0.456 e. The Balaban J connectivity index is 1.72. The van der Waals surface area contributed by atoms with Crippen LogP contribution in [0.15, 0.2) is 0 Å². The fourth-order valence-corrected chi connectivity index (χ4v) is 3.41. The lowest BCUT2D eigenvalue weighted by molar-refractivity contribution is -0.149. The lowest BCUT2D eigenvalue weighted by atomic mass is 9.81. The van der Waals surface area contributed by atoms with Crippen LogP contribution in [0.25, 0.3) is 0 Å². The molecule has 2 aliphatic rings. The zero-order valence-electron chi connectivity index (χ0n) is 16.0. The van der Waals surface area contributed by atoms with Gasteiger partial charge in [-0.1, -0.05) is 12.8 Å². The molecule has 0 spiro atoms. The van der Waals surface area contributed by atoms with Crippen molar-refractivity contribution in [3.8, 4) is 0 Å². The van der Waals surface area contributed by atoms with E-state index in [-0.39, 0.29) is 36.6 Å². The summed E-state index contributed by atoms with van der Waals surface area (Å²) in [4.78, 5) is 60.7. The Morgan fingerprint density at radius 1 is 1.07 bits per heavy atom. The molecule has 0 aromatic carbocycles. The maximum atomic E-state index is 12.3. The number of ether oxygens (including phenoxy) is 1. The van der Waals surface area contributed by atoms with Gasteiger partial charge in [0.05, 0.1) is 18.3 Å². The Kier molecular flexibility index (Phi) is 6.56. The molecule has 0 bridgehead atoms. The minimum atomic E-state index is -0.760. The van der Waals surface area contributed by atoms with Crippen LogP contribution < -0.4 is 10.6 Å². The van der Waals surface area contributed by atoms with Gasteiger partial charge in [0.1, 0.15) is 0 Å². The van der Waals surface area contributed by atoms with Crippen molar-refractivity contribution < 1.29 is 28.7 Å². The van der Waals surface area contributed by atoms with Crippen LogP contribution in [0, 0.1) is 11.8 Å². The molecule has 150 valence electrons. The zero-order chi connectivity index (χ0) is 20.2. The van der Waals surface area contributed by atoms with Crippen molar-refractivity contribution in [3.63, 3.8) is 0 Å². The topological polar surface area (TPSA) is 122 Å². The van der Waals surface area contributed by atoms with Gasteiger partial charge in [0.25, 0.3) is 5.91 Å². The Morgan fingerprint density at radius 2 is 1.63 bits per heavy atom. The van der Waals surface area contributed by atoms with Crippen LogP contribution >= 0.6 is 0 Å². The highest BCUT2D eigenvalue weighted by molar-refractivity contribution is 6.05. The predicted octanol–water partition coefficient (Wildman–Crippen LogP) is 0.719. The third kappa shape index (κ3) is 5.77. The third-order valence-electron chi connectivity index (χ3n) is 4.58. The quantitative estimate of drug-likeness (QED) is 0.534. The van der Waals surface area contributed by atoms with Gasteiger partial charge < -0.3 is 10.1 Å². The van der Waals surface area contributed by atoms with E-state index in [1.807, 2.05) is 0 Å². The van der Waals surface area contributed by atoms with Crippen LogP contribution in [-0.2, 0) is 23.9 Å². The van der Waals surface area contributed by atoms with E-state index >= 15 is 0 Å². The van der Waals surface area contributed by atoms with E-state index in [1.54, 1.807) is 20.8 Å². The first-order valence-electron chi connectivity index (χ1n) is 9.21. The summed E-state index contributed by atoms with van der Waals surface area (Å²) in [5, 5.41) is 4.59. The smallest absolute Gasteiger partial charge is 0.321 e. The standard InChI is InChI=1S/C18H27N3O6/c1-18(2,3)20-17(26)19-13(22)10-27-14(23)8-9-21-15(24)11-6-4-5-7-12(11)16(21)25/h11-12H,4-10H2,1-3H3,(H2,19,20,22,26)/t11-,12-/m0/s1. The van der Waals surface area contributed by atoms with E-state index in [1.165, 1.54) is 0 Å². The van der Waals surface area contributed by atoms with Gasteiger partial charge in [-0.3, -0.25) is 29.4 Å². The summed E-state index contributed by atoms with van der Waals surface area (Å²) in [6, 6.07) is -0.681. The first-order chi connectivity index (χ1) is 12.6. The number of carbonyl (C=O) groups is 5. The van der Waals surface area contributed by atoms with Gasteiger partial charge in [-0.15, -0.1) is 0 Å². The molecule has 1 aliphatic heterocycles. The number of imide groups is 2. The van der Waals surface area contributed by atoms with E-state index in [2.05, 4.69) is 10.6 Å². The average molecular weight is 381 g/mol. The van der Waals surface area contributed by atoms with Crippen molar-refractivity contribution in [2.45, 2.75) is 58.4 Å². The Hall–Kier alpha value is -2.45. The highest BCUT2D eigenvalue weighted by Crippen LogP contribution is 2.37. The van der Waals surface area contributed by atoms with Crippen molar-refractivity contribution in [2.24, 2.45) is 11.8 Å². The number of likely N-dealkylation sites (tertiary alicyclic amines) is 1. The number of rotatable bonds is 5. The molecule has 0 aromatic rings. The molecule has 9 heteroatoms. The van der Waals surface area contributed by atoms with Gasteiger partial charge in [0, 0.05) is 12.1 Å². The minimum absolute atomic E-state index is 0.0460. The lowest BCUT2D eigenvalue weighted by Crippen LogP contribution is -2.49. The molecule has 9 nitrogen and oxygen atoms in total. The summed E-state index contributed by atoms with van der Waals surface area (Å²) < 4.78 is 4.80. The third-order valence-corrected chi connectivity index (χ3v) is 4.58. The van der Waals surface area contributed by atoms with Gasteiger partial charge in [0.2, 0.25) is 11.8 Å². The first kappa shape index (κ1) is 20.9. The molecule has 1 heterocycles. The molecule has 5 amide bonds. The number of nitrogens with one attached hydrogen (secondary N) is 2. The van der Waals surface area contributed by atoms with Crippen molar-refractivity contribution in [1.82, 2.24) is 15.5 Å². The molecular formula is C18H27N3O6. The number of hydrogen-bond acceptors (Lipinski definition) is 6. The van der Waals surface area contributed by atoms with Gasteiger partial charge in [0.15, 0.2) is 6.61 Å². The highest BCUT2D eigenvalue weighted by Gasteiger charge is 2.47. The molecule has 1 saturated carbocycles. The predicted molar refractivity (Wildman–Crippen MR) is 94.2 cm³/mol. The number of urea groups is 1. The molecule has 27 heavy (non-hydrogen) atoms. The summed E-state index contributed by atoms with van der Waals surface area (Å²) >= 11 is 0. The number of nitrogens with zero attached hydrogens (tertiary/aromatic N) is 1. The van der Waals surface area contributed by atoms with Crippen LogP contribution in [0.2, 0.25) is 0 Å². The Labute approximate surface area is 158 Å². The van der Waals surface area contributed by atoms with E-state index in [0.717, 1.165) is 17.7 Å². The van der Waals surface area contributed by atoms with E-state index in [4.69, 9.17) is 4.74 Å². The molecule has 0 radical (unpaired) electrons. The maximum absolute atomic E-state index is 12.3. The molecule has 2 atom stereocenters. The molecule has 2 fully saturated rings. The Morgan fingerprint density at radius 3 is 2.15 bits per heavy atom. The molecule has 2 rings (SSSR count). The normalized spacial score (nSPS) is 22.3. The van der Waals surface area contributed by atoms with Crippen LogP contribution in [0.4, 0.5) is 4.79 Å². The van der Waals surface area contributed by atoms with Crippen LogP contribution in [0.3, 0.4) is 0 Å². The summed E-state index contributed by atoms with van der Waals surface area (Å²) in [6.07, 6.45) is 3.13. The van der Waals surface area contributed by atoms with E-state index in [9.17, 15) is 24.0 Å². The van der Waals surface area contributed by atoms with Crippen LogP contribution in [-0.4, -0.2) is 53.3 Å². The second-order valence-electron chi connectivity index (χ2n) is 7.99. The van der Waals surface area contributed by atoms with E-state index in [0.29, 0.717) is 12.8 Å². The first-order valence-corrected chi connectivity index (χ1v) is 9.21. The number of hydrogen-bond donors (Lipinski definition) is 2. The van der Waals surface area contributed by atoms with Crippen LogP contribution in [0.5, 0.6) is 0 Å². The SMILES string of the molecule is CC(C)(C)NC(=O)NC(=O)COC(=O)CCN1C(=O)[C@H]2CCCC[C@@H]2C1=O. The fraction of sp³-hybridized carbons (Fsp3) is 0.722. The highest BCUT2D eigenvalue weighted by atomic mass is 16.5. The molecular weight excluding hydrogens is 354 g/mol. The van der Waals surface area contributed by atoms with Gasteiger partial charge in [-0.05, 0) is 33.6 Å². The summed E-state index contributed by atoms with van der Waals surface area (Å²) in [5.41, 5.74) is -0.507. The lowest BCUT2D eigenvalue weighted by Gasteiger charge is -2.20. The minimum Gasteiger partial charge on any atom is -0.456 e. The zero-order valence-corrected chi connectivity index (χ0v) is 16.0. The molecule has 1 saturated heterocycles. The van der Waals surface area contributed by atoms with E-state index < -0.39 is 30.1 Å². The molecule has 1 aliphatic carbocycles. The van der Waals surface area contributed by atoms with Gasteiger partial charge >= 0.3 is 12.0 Å². The second-order valence-corrected chi connectivity index (χ2v) is 7.99. The molecule has 0 unspecified atom stereocenters. The number of amides is 5. The Bertz CT molecular complexity index is 615. The average Bonchev–Trinajstić information content (AvgIpc) is 2.81. The summed E-state index contributed by atoms with van der Waals surface area (Å²) in [6.45, 7) is 4.62. The van der Waals surface area contributed by atoms with Crippen molar-refractivity contribution in [1.29, 1.82) is 0 Å². The summed E-state index contributed by atoms with van der Waals surface area (Å²) in [5.74, 6) is -2.41. The second kappa shape index (κ2) is 8.49. The maximum Gasteiger partial charge on any atom is 0.321 e. The molecule has 0 aromatic heterocycles. The van der Waals surface area contributed by atoms with Crippen molar-refractivity contribution in [2.75, 3.05) is 13.2 Å². The van der Waals surface area contributed by atoms with Crippen molar-refractivity contribution in [3.05, 3.63) is 0 Å². The monoisotopic (exact) mass is 381 g/mol. The van der Waals surface area contributed by atoms with Crippen LogP contribution in [0.1, 0.15) is 52.9 Å². The fourth-order valence-electron chi connectivity index (χ4n) is 3.41. The number of fused-ring (bicyclic) bond motifs is 1. The van der Waals surface area contributed by atoms with Gasteiger partial charge in [-0.2, -0.15) is 0 Å². The molecule has 2 N–H and O–H groups in total. The number of carbonyl (C=O) groups excluding carboxylic acids is 5. The number of esters is 1. The summed E-state index contributed by atoms with van der Waals surface area (Å²) in [7, 11) is 0. The van der Waals surface area contributed by atoms with Gasteiger partial charge in [-0.25, -0.2) is 4.79 Å².